The molecule has 6 atom stereocenters. The molecule has 0 amide bonds. The van der Waals surface area contributed by atoms with E-state index in [1.54, 1.807) is 12.8 Å². The van der Waals surface area contributed by atoms with Gasteiger partial charge >= 0.3 is 0 Å². The van der Waals surface area contributed by atoms with Gasteiger partial charge in [-0.3, -0.25) is 0 Å². The SMILES string of the molecule is CCCCCCC1C2C3CC(C)C3C12. The van der Waals surface area contributed by atoms with E-state index in [0.717, 1.165) is 5.92 Å². The molecule has 0 heterocycles. The Morgan fingerprint density at radius 2 is 1.86 bits per heavy atom. The Labute approximate surface area is 88.5 Å². The molecule has 3 saturated carbocycles. The van der Waals surface area contributed by atoms with E-state index in [9.17, 15) is 0 Å². The van der Waals surface area contributed by atoms with Gasteiger partial charge in [-0.15, -0.1) is 0 Å². The molecule has 80 valence electrons. The maximum absolute atomic E-state index is 2.48. The van der Waals surface area contributed by atoms with E-state index in [2.05, 4.69) is 13.8 Å². The van der Waals surface area contributed by atoms with Gasteiger partial charge in [-0.1, -0.05) is 39.5 Å². The highest BCUT2D eigenvalue weighted by atomic mass is 14.8. The fraction of sp³-hybridized carbons (Fsp3) is 1.00. The number of unbranched alkanes of at least 4 members (excludes halogenated alkanes) is 3. The Morgan fingerprint density at radius 3 is 2.50 bits per heavy atom. The molecule has 3 fully saturated rings. The smallest absolute Gasteiger partial charge is 0.0315 e. The second-order valence-electron chi connectivity index (χ2n) is 6.12. The second kappa shape index (κ2) is 3.25. The van der Waals surface area contributed by atoms with Crippen molar-refractivity contribution < 1.29 is 0 Å². The van der Waals surface area contributed by atoms with Crippen LogP contribution in [-0.2, 0) is 0 Å². The third-order valence-electron chi connectivity index (χ3n) is 5.42. The van der Waals surface area contributed by atoms with Crippen LogP contribution in [0.3, 0.4) is 0 Å². The Hall–Kier alpha value is 0. The van der Waals surface area contributed by atoms with Gasteiger partial charge in [0.25, 0.3) is 0 Å². The van der Waals surface area contributed by atoms with Crippen molar-refractivity contribution in [1.29, 1.82) is 0 Å². The molecular formula is C14H24. The number of hydrogen-bond donors (Lipinski definition) is 0. The van der Waals surface area contributed by atoms with Gasteiger partial charge in [0.15, 0.2) is 0 Å². The monoisotopic (exact) mass is 192 g/mol. The molecule has 0 nitrogen and oxygen atoms in total. The fourth-order valence-electron chi connectivity index (χ4n) is 4.67. The van der Waals surface area contributed by atoms with E-state index in [0.29, 0.717) is 0 Å². The first-order chi connectivity index (χ1) is 6.84. The highest BCUT2D eigenvalue weighted by molar-refractivity contribution is 5.20. The van der Waals surface area contributed by atoms with Crippen LogP contribution in [0.25, 0.3) is 0 Å². The summed E-state index contributed by atoms with van der Waals surface area (Å²) in [7, 11) is 0. The Balaban J connectivity index is 1.38. The van der Waals surface area contributed by atoms with Crippen LogP contribution < -0.4 is 0 Å². The molecule has 0 spiro atoms. The van der Waals surface area contributed by atoms with Crippen LogP contribution in [0.2, 0.25) is 0 Å². The lowest BCUT2D eigenvalue weighted by atomic mass is 9.54. The van der Waals surface area contributed by atoms with Crippen molar-refractivity contribution in [3.63, 3.8) is 0 Å². The van der Waals surface area contributed by atoms with Gasteiger partial charge in [-0.05, 0) is 48.3 Å². The molecule has 14 heavy (non-hydrogen) atoms. The average Bonchev–Trinajstić information content (AvgIpc) is 2.75. The molecule has 0 heteroatoms. The zero-order valence-corrected chi connectivity index (χ0v) is 9.71. The summed E-state index contributed by atoms with van der Waals surface area (Å²) in [5, 5.41) is 0. The first-order valence-electron chi connectivity index (χ1n) is 6.84. The predicted octanol–water partition coefficient (Wildman–Crippen LogP) is 4.10. The molecular weight excluding hydrogens is 168 g/mol. The summed E-state index contributed by atoms with van der Waals surface area (Å²) in [5.74, 6) is 7.18. The molecule has 0 bridgehead atoms. The van der Waals surface area contributed by atoms with Crippen LogP contribution in [0, 0.1) is 35.5 Å². The minimum atomic E-state index is 1.10. The quantitative estimate of drug-likeness (QED) is 0.575. The van der Waals surface area contributed by atoms with Crippen LogP contribution in [0.5, 0.6) is 0 Å². The van der Waals surface area contributed by atoms with Crippen LogP contribution >= 0.6 is 0 Å². The van der Waals surface area contributed by atoms with E-state index in [4.69, 9.17) is 0 Å². The lowest BCUT2D eigenvalue weighted by Gasteiger charge is -2.51. The number of rotatable bonds is 5. The first-order valence-corrected chi connectivity index (χ1v) is 6.84. The lowest BCUT2D eigenvalue weighted by Crippen LogP contribution is -2.45. The van der Waals surface area contributed by atoms with E-state index < -0.39 is 0 Å². The van der Waals surface area contributed by atoms with Crippen LogP contribution in [0.1, 0.15) is 52.4 Å². The highest BCUT2D eigenvalue weighted by Gasteiger charge is 2.73. The maximum Gasteiger partial charge on any atom is -0.0315 e. The van der Waals surface area contributed by atoms with Gasteiger partial charge in [-0.25, -0.2) is 0 Å². The Morgan fingerprint density at radius 1 is 1.00 bits per heavy atom. The van der Waals surface area contributed by atoms with Gasteiger partial charge in [0.1, 0.15) is 0 Å². The van der Waals surface area contributed by atoms with Crippen molar-refractivity contribution >= 4 is 0 Å². The summed E-state index contributed by atoms with van der Waals surface area (Å²) in [6.45, 7) is 4.78. The summed E-state index contributed by atoms with van der Waals surface area (Å²) in [6.07, 6.45) is 9.04. The molecule has 0 N–H and O–H groups in total. The standard InChI is InChI=1S/C14H24/c1-3-4-5-6-7-10-13-11-8-9(2)12(11)14(10)13/h9-14H,3-8H2,1-2H3. The maximum atomic E-state index is 2.48. The predicted molar refractivity (Wildman–Crippen MR) is 60.0 cm³/mol. The van der Waals surface area contributed by atoms with E-state index in [1.165, 1.54) is 55.3 Å². The largest absolute Gasteiger partial charge is 0.0654 e. The molecule has 3 aliphatic rings. The van der Waals surface area contributed by atoms with Crippen molar-refractivity contribution in [3.05, 3.63) is 0 Å². The van der Waals surface area contributed by atoms with Crippen LogP contribution in [0.15, 0.2) is 0 Å². The zero-order chi connectivity index (χ0) is 9.71. The molecule has 0 aliphatic heterocycles. The van der Waals surface area contributed by atoms with E-state index >= 15 is 0 Å². The highest BCUT2D eigenvalue weighted by Crippen LogP contribution is 2.78. The molecule has 0 aromatic rings. The molecule has 3 rings (SSSR count). The van der Waals surface area contributed by atoms with Gasteiger partial charge in [0, 0.05) is 0 Å². The molecule has 0 aromatic carbocycles. The number of fused-ring (bicyclic) bond motifs is 4. The minimum Gasteiger partial charge on any atom is -0.0654 e. The molecule has 0 radical (unpaired) electrons. The Bertz CT molecular complexity index is 220. The van der Waals surface area contributed by atoms with Crippen molar-refractivity contribution in [1.82, 2.24) is 0 Å². The van der Waals surface area contributed by atoms with Gasteiger partial charge < -0.3 is 0 Å². The second-order valence-corrected chi connectivity index (χ2v) is 6.12. The van der Waals surface area contributed by atoms with E-state index in [1.807, 2.05) is 0 Å². The lowest BCUT2D eigenvalue weighted by molar-refractivity contribution is -0.0286. The van der Waals surface area contributed by atoms with Crippen molar-refractivity contribution in [3.8, 4) is 0 Å². The summed E-state index contributed by atoms with van der Waals surface area (Å²) in [6, 6.07) is 0. The first kappa shape index (κ1) is 9.24. The molecule has 3 aliphatic carbocycles. The fourth-order valence-corrected chi connectivity index (χ4v) is 4.67. The van der Waals surface area contributed by atoms with E-state index in [-0.39, 0.29) is 0 Å². The summed E-state index contributed by atoms with van der Waals surface area (Å²) in [5.41, 5.74) is 0. The summed E-state index contributed by atoms with van der Waals surface area (Å²) in [4.78, 5) is 0. The van der Waals surface area contributed by atoms with Crippen molar-refractivity contribution in [2.75, 3.05) is 0 Å². The third kappa shape index (κ3) is 1.12. The zero-order valence-electron chi connectivity index (χ0n) is 9.71. The van der Waals surface area contributed by atoms with Gasteiger partial charge in [-0.2, -0.15) is 0 Å². The van der Waals surface area contributed by atoms with Crippen LogP contribution in [0.4, 0.5) is 0 Å². The average molecular weight is 192 g/mol. The molecule has 0 aromatic heterocycles. The normalized spacial score (nSPS) is 52.7. The topological polar surface area (TPSA) is 0 Å². The minimum absolute atomic E-state index is 1.10. The van der Waals surface area contributed by atoms with Crippen LogP contribution in [-0.4, -0.2) is 0 Å². The molecule has 6 unspecified atom stereocenters. The Kier molecular flexibility index (Phi) is 2.15. The molecule has 0 saturated heterocycles. The summed E-state index contributed by atoms with van der Waals surface area (Å²) >= 11 is 0. The third-order valence-corrected chi connectivity index (χ3v) is 5.42. The number of hydrogen-bond acceptors (Lipinski definition) is 0. The van der Waals surface area contributed by atoms with Gasteiger partial charge in [0.05, 0.1) is 0 Å². The summed E-state index contributed by atoms with van der Waals surface area (Å²) < 4.78 is 0. The van der Waals surface area contributed by atoms with Crippen molar-refractivity contribution in [2.45, 2.75) is 52.4 Å². The van der Waals surface area contributed by atoms with Gasteiger partial charge in [0.2, 0.25) is 0 Å². The van der Waals surface area contributed by atoms with Crippen molar-refractivity contribution in [2.24, 2.45) is 35.5 Å².